The lowest BCUT2D eigenvalue weighted by Crippen LogP contribution is -2.32. The van der Waals surface area contributed by atoms with Gasteiger partial charge in [0.05, 0.1) is 27.4 Å². The number of halogens is 2. The van der Waals surface area contributed by atoms with E-state index in [1.54, 1.807) is 6.07 Å². The number of nitrogens with one attached hydrogen (secondary N) is 1. The second-order valence-electron chi connectivity index (χ2n) is 4.42. The van der Waals surface area contributed by atoms with Gasteiger partial charge < -0.3 is 11.1 Å². The molecule has 0 aliphatic carbocycles. The van der Waals surface area contributed by atoms with E-state index < -0.39 is 15.7 Å². The summed E-state index contributed by atoms with van der Waals surface area (Å²) < 4.78 is 36.2. The molecule has 1 aromatic rings. The van der Waals surface area contributed by atoms with Crippen LogP contribution in [0.2, 0.25) is 0 Å². The van der Waals surface area contributed by atoms with Gasteiger partial charge in [-0.3, -0.25) is 0 Å². The van der Waals surface area contributed by atoms with Crippen LogP contribution >= 0.6 is 15.9 Å². The van der Waals surface area contributed by atoms with Crippen molar-refractivity contribution < 1.29 is 12.8 Å². The van der Waals surface area contributed by atoms with Gasteiger partial charge in [0.25, 0.3) is 0 Å². The molecule has 4 nitrogen and oxygen atoms in total. The third-order valence-corrected chi connectivity index (χ3v) is 5.33. The minimum absolute atomic E-state index is 0.0631. The molecule has 0 saturated carbocycles. The van der Waals surface area contributed by atoms with E-state index >= 15 is 0 Å². The van der Waals surface area contributed by atoms with Gasteiger partial charge in [-0.1, -0.05) is 0 Å². The molecule has 18 heavy (non-hydrogen) atoms. The minimum Gasteiger partial charge on any atom is -0.397 e. The van der Waals surface area contributed by atoms with E-state index in [0.717, 1.165) is 0 Å². The Bertz CT molecular complexity index is 548. The van der Waals surface area contributed by atoms with Crippen LogP contribution in [0.5, 0.6) is 0 Å². The Morgan fingerprint density at radius 2 is 1.94 bits per heavy atom. The maximum atomic E-state index is 13.2. The van der Waals surface area contributed by atoms with Gasteiger partial charge in [0.1, 0.15) is 15.7 Å². The second kappa shape index (κ2) is 5.05. The summed E-state index contributed by atoms with van der Waals surface area (Å²) >= 11 is 3.10. The van der Waals surface area contributed by atoms with Crippen molar-refractivity contribution in [1.29, 1.82) is 0 Å². The monoisotopic (exact) mass is 336 g/mol. The fourth-order valence-electron chi connectivity index (χ4n) is 1.94. The lowest BCUT2D eigenvalue weighted by atomic mass is 10.1. The van der Waals surface area contributed by atoms with Gasteiger partial charge in [0.15, 0.2) is 0 Å². The second-order valence-corrected chi connectivity index (χ2v) is 7.58. The first-order chi connectivity index (χ1) is 8.37. The Morgan fingerprint density at radius 3 is 2.56 bits per heavy atom. The third kappa shape index (κ3) is 3.14. The first-order valence-corrected chi connectivity index (χ1v) is 8.20. The average Bonchev–Trinajstić information content (AvgIpc) is 2.28. The van der Waals surface area contributed by atoms with Crippen molar-refractivity contribution in [3.63, 3.8) is 0 Å². The summed E-state index contributed by atoms with van der Waals surface area (Å²) in [6.07, 6.45) is 1.10. The molecule has 7 heteroatoms. The van der Waals surface area contributed by atoms with Gasteiger partial charge in [-0.25, -0.2) is 12.8 Å². The van der Waals surface area contributed by atoms with E-state index in [4.69, 9.17) is 5.73 Å². The molecular weight excluding hydrogens is 323 g/mol. The number of benzene rings is 1. The number of rotatable bonds is 2. The molecule has 0 amide bonds. The first-order valence-electron chi connectivity index (χ1n) is 5.59. The quantitative estimate of drug-likeness (QED) is 0.812. The van der Waals surface area contributed by atoms with Crippen molar-refractivity contribution in [1.82, 2.24) is 0 Å². The van der Waals surface area contributed by atoms with Gasteiger partial charge in [0.2, 0.25) is 0 Å². The maximum absolute atomic E-state index is 13.2. The van der Waals surface area contributed by atoms with Crippen LogP contribution in [-0.2, 0) is 9.84 Å². The average molecular weight is 337 g/mol. The number of sulfone groups is 1. The standard InChI is InChI=1S/C11H14BrFN2O2S/c12-8-5-11(10(14)6-9(8)13)15-7-1-3-18(16,17)4-2-7/h5-7,15H,1-4,14H2. The van der Waals surface area contributed by atoms with Crippen LogP contribution in [0.3, 0.4) is 0 Å². The van der Waals surface area contributed by atoms with Crippen molar-refractivity contribution in [2.45, 2.75) is 18.9 Å². The van der Waals surface area contributed by atoms with Crippen LogP contribution in [0, 0.1) is 5.82 Å². The highest BCUT2D eigenvalue weighted by molar-refractivity contribution is 9.10. The number of hydrogen-bond acceptors (Lipinski definition) is 4. The topological polar surface area (TPSA) is 72.2 Å². The summed E-state index contributed by atoms with van der Waals surface area (Å²) in [7, 11) is -2.87. The van der Waals surface area contributed by atoms with Gasteiger partial charge in [-0.15, -0.1) is 0 Å². The molecule has 1 fully saturated rings. The fraction of sp³-hybridized carbons (Fsp3) is 0.455. The summed E-state index contributed by atoms with van der Waals surface area (Å²) in [5, 5.41) is 3.17. The van der Waals surface area contributed by atoms with Crippen LogP contribution in [0.4, 0.5) is 15.8 Å². The molecule has 3 N–H and O–H groups in total. The van der Waals surface area contributed by atoms with Crippen LogP contribution in [0.1, 0.15) is 12.8 Å². The van der Waals surface area contributed by atoms with Gasteiger partial charge in [0, 0.05) is 12.1 Å². The van der Waals surface area contributed by atoms with Crippen molar-refractivity contribution in [2.75, 3.05) is 22.6 Å². The third-order valence-electron chi connectivity index (χ3n) is 3.01. The highest BCUT2D eigenvalue weighted by atomic mass is 79.9. The van der Waals surface area contributed by atoms with Gasteiger partial charge in [-0.2, -0.15) is 0 Å². The van der Waals surface area contributed by atoms with Gasteiger partial charge >= 0.3 is 0 Å². The summed E-state index contributed by atoms with van der Waals surface area (Å²) in [6.45, 7) is 0. The molecule has 1 aliphatic heterocycles. The zero-order valence-electron chi connectivity index (χ0n) is 9.62. The lowest BCUT2D eigenvalue weighted by molar-refractivity contribution is 0.559. The number of nitrogens with two attached hydrogens (primary N) is 1. The molecule has 1 aromatic carbocycles. The van der Waals surface area contributed by atoms with Crippen molar-refractivity contribution in [3.8, 4) is 0 Å². The highest BCUT2D eigenvalue weighted by Crippen LogP contribution is 2.28. The Labute approximate surface area is 114 Å². The summed E-state index contributed by atoms with van der Waals surface area (Å²) in [4.78, 5) is 0. The molecule has 0 atom stereocenters. The first kappa shape index (κ1) is 13.6. The van der Waals surface area contributed by atoms with Crippen molar-refractivity contribution in [3.05, 3.63) is 22.4 Å². The van der Waals surface area contributed by atoms with E-state index in [1.165, 1.54) is 6.07 Å². The summed E-state index contributed by atoms with van der Waals surface area (Å²) in [6, 6.07) is 2.88. The molecule has 100 valence electrons. The fourth-order valence-corrected chi connectivity index (χ4v) is 3.78. The van der Waals surface area contributed by atoms with Crippen LogP contribution < -0.4 is 11.1 Å². The molecule has 0 unspecified atom stereocenters. The Balaban J connectivity index is 2.09. The van der Waals surface area contributed by atoms with E-state index in [2.05, 4.69) is 21.2 Å². The SMILES string of the molecule is Nc1cc(F)c(Br)cc1NC1CCS(=O)(=O)CC1. The van der Waals surface area contributed by atoms with E-state index in [1.807, 2.05) is 0 Å². The van der Waals surface area contributed by atoms with Crippen LogP contribution in [0.25, 0.3) is 0 Å². The maximum Gasteiger partial charge on any atom is 0.150 e. The predicted octanol–water partition coefficient (Wildman–Crippen LogP) is 2.16. The van der Waals surface area contributed by atoms with E-state index in [0.29, 0.717) is 28.7 Å². The number of anilines is 2. The van der Waals surface area contributed by atoms with Gasteiger partial charge in [-0.05, 0) is 34.8 Å². The normalized spacial score (nSPS) is 19.7. The van der Waals surface area contributed by atoms with Crippen LogP contribution in [-0.4, -0.2) is 26.0 Å². The van der Waals surface area contributed by atoms with Crippen LogP contribution in [0.15, 0.2) is 16.6 Å². The molecule has 0 bridgehead atoms. The molecule has 0 spiro atoms. The Hall–Kier alpha value is -0.820. The molecule has 0 aromatic heterocycles. The predicted molar refractivity (Wildman–Crippen MR) is 73.8 cm³/mol. The van der Waals surface area contributed by atoms with Crippen molar-refractivity contribution in [2.24, 2.45) is 0 Å². The molecule has 2 rings (SSSR count). The highest BCUT2D eigenvalue weighted by Gasteiger charge is 2.23. The van der Waals surface area contributed by atoms with E-state index in [-0.39, 0.29) is 17.5 Å². The summed E-state index contributed by atoms with van der Waals surface area (Å²) in [5.41, 5.74) is 6.67. The lowest BCUT2D eigenvalue weighted by Gasteiger charge is -2.24. The molecule has 1 heterocycles. The smallest absolute Gasteiger partial charge is 0.150 e. The van der Waals surface area contributed by atoms with Crippen molar-refractivity contribution >= 4 is 37.1 Å². The molecular formula is C11H14BrFN2O2S. The number of hydrogen-bond donors (Lipinski definition) is 2. The minimum atomic E-state index is -2.87. The Morgan fingerprint density at radius 1 is 1.33 bits per heavy atom. The molecule has 1 saturated heterocycles. The Kier molecular flexibility index (Phi) is 3.82. The van der Waals surface area contributed by atoms with E-state index in [9.17, 15) is 12.8 Å². The molecule has 0 radical (unpaired) electrons. The number of nitrogen functional groups attached to an aromatic ring is 1. The zero-order valence-corrected chi connectivity index (χ0v) is 12.0. The zero-order chi connectivity index (χ0) is 13.3. The largest absolute Gasteiger partial charge is 0.397 e. The summed E-state index contributed by atoms with van der Waals surface area (Å²) in [5.74, 6) is -0.0378. The molecule has 1 aliphatic rings.